The summed E-state index contributed by atoms with van der Waals surface area (Å²) in [5, 5.41) is 0. The Morgan fingerprint density at radius 1 is 1.00 bits per heavy atom. The summed E-state index contributed by atoms with van der Waals surface area (Å²) in [6.45, 7) is 3.73. The van der Waals surface area contributed by atoms with E-state index in [2.05, 4.69) is 60.4 Å². The average Bonchev–Trinajstić information content (AvgIpc) is 2.91. The molecule has 1 aliphatic rings. The van der Waals surface area contributed by atoms with Gasteiger partial charge in [-0.15, -0.1) is 0 Å². The highest BCUT2D eigenvalue weighted by Gasteiger charge is 2.37. The van der Waals surface area contributed by atoms with Gasteiger partial charge in [-0.25, -0.2) is 0 Å². The molecule has 1 saturated heterocycles. The molecule has 1 heterocycles. The van der Waals surface area contributed by atoms with Crippen LogP contribution in [-0.2, 0) is 4.79 Å². The number of benzene rings is 2. The van der Waals surface area contributed by atoms with Crippen molar-refractivity contribution in [3.05, 3.63) is 71.8 Å². The van der Waals surface area contributed by atoms with Gasteiger partial charge in [-0.2, -0.15) is 0 Å². The maximum Gasteiger partial charge on any atom is 0.222 e. The number of hydrogen-bond donors (Lipinski definition) is 1. The van der Waals surface area contributed by atoms with E-state index >= 15 is 0 Å². The van der Waals surface area contributed by atoms with Crippen molar-refractivity contribution >= 4 is 5.91 Å². The van der Waals surface area contributed by atoms with Crippen molar-refractivity contribution in [2.75, 3.05) is 13.1 Å². The molecule has 0 unspecified atom stereocenters. The van der Waals surface area contributed by atoms with Crippen LogP contribution in [-0.4, -0.2) is 23.9 Å². The number of likely N-dealkylation sites (tertiary alicyclic amines) is 1. The van der Waals surface area contributed by atoms with Crippen LogP contribution in [0.5, 0.6) is 0 Å². The molecule has 1 amide bonds. The first kappa shape index (κ1) is 14.8. The molecule has 0 aromatic heterocycles. The lowest BCUT2D eigenvalue weighted by Crippen LogP contribution is -2.31. The normalized spacial score (nSPS) is 22.1. The van der Waals surface area contributed by atoms with E-state index in [9.17, 15) is 4.79 Å². The van der Waals surface area contributed by atoms with Crippen molar-refractivity contribution in [1.29, 1.82) is 0 Å². The number of hydrogen-bond acceptors (Lipinski definition) is 2. The number of carbonyl (C=O) groups is 1. The lowest BCUT2D eigenvalue weighted by molar-refractivity contribution is -0.122. The summed E-state index contributed by atoms with van der Waals surface area (Å²) in [5.74, 6) is 0.0530. The second kappa shape index (κ2) is 6.32. The van der Waals surface area contributed by atoms with E-state index in [1.54, 1.807) is 0 Å². The molecule has 0 bridgehead atoms. The van der Waals surface area contributed by atoms with Gasteiger partial charge in [-0.05, 0) is 17.0 Å². The van der Waals surface area contributed by atoms with E-state index < -0.39 is 0 Å². The molecule has 22 heavy (non-hydrogen) atoms. The van der Waals surface area contributed by atoms with Gasteiger partial charge in [0.15, 0.2) is 0 Å². The monoisotopic (exact) mass is 294 g/mol. The number of carbonyl (C=O) groups excluding carboxylic acids is 1. The third kappa shape index (κ3) is 2.90. The summed E-state index contributed by atoms with van der Waals surface area (Å²) in [4.78, 5) is 14.0. The van der Waals surface area contributed by atoms with Crippen LogP contribution < -0.4 is 5.73 Å². The summed E-state index contributed by atoms with van der Waals surface area (Å²) < 4.78 is 0. The van der Waals surface area contributed by atoms with Crippen LogP contribution in [0.15, 0.2) is 60.7 Å². The Morgan fingerprint density at radius 2 is 1.50 bits per heavy atom. The second-order valence-corrected chi connectivity index (χ2v) is 6.16. The summed E-state index contributed by atoms with van der Waals surface area (Å²) >= 11 is 0. The number of primary amides is 1. The zero-order chi connectivity index (χ0) is 15.5. The zero-order valence-corrected chi connectivity index (χ0v) is 12.9. The van der Waals surface area contributed by atoms with E-state index in [4.69, 9.17) is 5.73 Å². The fourth-order valence-electron chi connectivity index (χ4n) is 3.47. The lowest BCUT2D eigenvalue weighted by atomic mass is 9.97. The second-order valence-electron chi connectivity index (χ2n) is 6.16. The highest BCUT2D eigenvalue weighted by molar-refractivity contribution is 5.77. The smallest absolute Gasteiger partial charge is 0.222 e. The van der Waals surface area contributed by atoms with Gasteiger partial charge < -0.3 is 5.73 Å². The highest BCUT2D eigenvalue weighted by atomic mass is 16.1. The fourth-order valence-corrected chi connectivity index (χ4v) is 3.47. The van der Waals surface area contributed by atoms with Crippen molar-refractivity contribution in [3.63, 3.8) is 0 Å². The van der Waals surface area contributed by atoms with Crippen molar-refractivity contribution in [1.82, 2.24) is 4.90 Å². The van der Waals surface area contributed by atoms with Gasteiger partial charge in [-0.3, -0.25) is 9.69 Å². The number of nitrogens with two attached hydrogens (primary N) is 1. The lowest BCUT2D eigenvalue weighted by Gasteiger charge is -2.29. The standard InChI is InChI=1S/C19H22N2O/c1-14-12-21(13-17(14)19(20)22)18(15-8-4-2-5-9-15)16-10-6-3-7-11-16/h2-11,14,17-18H,12-13H2,1H3,(H2,20,22)/t14-,17-/m1/s1. The molecule has 2 atom stereocenters. The quantitative estimate of drug-likeness (QED) is 0.942. The topological polar surface area (TPSA) is 46.3 Å². The summed E-state index contributed by atoms with van der Waals surface area (Å²) in [6.07, 6.45) is 0. The summed E-state index contributed by atoms with van der Waals surface area (Å²) in [6, 6.07) is 21.1. The molecule has 0 saturated carbocycles. The van der Waals surface area contributed by atoms with E-state index in [1.807, 2.05) is 12.1 Å². The van der Waals surface area contributed by atoms with E-state index in [0.29, 0.717) is 5.92 Å². The van der Waals surface area contributed by atoms with E-state index in [0.717, 1.165) is 13.1 Å². The van der Waals surface area contributed by atoms with E-state index in [1.165, 1.54) is 11.1 Å². The summed E-state index contributed by atoms with van der Waals surface area (Å²) in [5.41, 5.74) is 8.07. The molecular weight excluding hydrogens is 272 g/mol. The first-order chi connectivity index (χ1) is 10.7. The minimum atomic E-state index is -0.185. The van der Waals surface area contributed by atoms with Crippen LogP contribution in [0.25, 0.3) is 0 Å². The highest BCUT2D eigenvalue weighted by Crippen LogP contribution is 2.35. The van der Waals surface area contributed by atoms with Crippen LogP contribution in [0.3, 0.4) is 0 Å². The minimum Gasteiger partial charge on any atom is -0.369 e. The molecule has 0 radical (unpaired) electrons. The van der Waals surface area contributed by atoms with Crippen LogP contribution in [0.2, 0.25) is 0 Å². The molecule has 3 rings (SSSR count). The van der Waals surface area contributed by atoms with Gasteiger partial charge in [0.25, 0.3) is 0 Å². The Hall–Kier alpha value is -2.13. The predicted octanol–water partition coefficient (Wildman–Crippen LogP) is 2.83. The van der Waals surface area contributed by atoms with Crippen LogP contribution >= 0.6 is 0 Å². The van der Waals surface area contributed by atoms with Crippen LogP contribution in [0.4, 0.5) is 0 Å². The molecule has 0 aliphatic carbocycles. The first-order valence-electron chi connectivity index (χ1n) is 7.80. The Morgan fingerprint density at radius 3 is 1.91 bits per heavy atom. The van der Waals surface area contributed by atoms with Gasteiger partial charge in [0, 0.05) is 13.1 Å². The molecule has 2 aromatic carbocycles. The zero-order valence-electron chi connectivity index (χ0n) is 12.9. The van der Waals surface area contributed by atoms with E-state index in [-0.39, 0.29) is 17.9 Å². The SMILES string of the molecule is C[C@@H]1CN(C(c2ccccc2)c2ccccc2)C[C@H]1C(N)=O. The van der Waals surface area contributed by atoms with Gasteiger partial charge in [-0.1, -0.05) is 67.6 Å². The number of amides is 1. The van der Waals surface area contributed by atoms with Crippen molar-refractivity contribution in [3.8, 4) is 0 Å². The van der Waals surface area contributed by atoms with Crippen LogP contribution in [0, 0.1) is 11.8 Å². The summed E-state index contributed by atoms with van der Waals surface area (Å²) in [7, 11) is 0. The molecule has 1 fully saturated rings. The Labute approximate surface area is 131 Å². The molecule has 2 aromatic rings. The van der Waals surface area contributed by atoms with Crippen molar-refractivity contribution in [2.24, 2.45) is 17.6 Å². The molecule has 2 N–H and O–H groups in total. The Balaban J connectivity index is 1.95. The third-order valence-electron chi connectivity index (χ3n) is 4.60. The maximum atomic E-state index is 11.6. The number of nitrogens with zero attached hydrogens (tertiary/aromatic N) is 1. The molecule has 1 aliphatic heterocycles. The van der Waals surface area contributed by atoms with Gasteiger partial charge in [0.1, 0.15) is 0 Å². The average molecular weight is 294 g/mol. The third-order valence-corrected chi connectivity index (χ3v) is 4.60. The van der Waals surface area contributed by atoms with Crippen molar-refractivity contribution < 1.29 is 4.79 Å². The molecule has 0 spiro atoms. The van der Waals surface area contributed by atoms with Gasteiger partial charge in [0.2, 0.25) is 5.91 Å². The van der Waals surface area contributed by atoms with Crippen LogP contribution in [0.1, 0.15) is 24.1 Å². The Kier molecular flexibility index (Phi) is 4.25. The predicted molar refractivity (Wildman–Crippen MR) is 88.1 cm³/mol. The molecular formula is C19H22N2O. The fraction of sp³-hybridized carbons (Fsp3) is 0.316. The number of rotatable bonds is 4. The Bertz CT molecular complexity index is 587. The minimum absolute atomic E-state index is 0.0603. The first-order valence-corrected chi connectivity index (χ1v) is 7.80. The van der Waals surface area contributed by atoms with Gasteiger partial charge >= 0.3 is 0 Å². The molecule has 114 valence electrons. The maximum absolute atomic E-state index is 11.6. The van der Waals surface area contributed by atoms with Crippen molar-refractivity contribution in [2.45, 2.75) is 13.0 Å². The van der Waals surface area contributed by atoms with Gasteiger partial charge in [0.05, 0.1) is 12.0 Å². The largest absolute Gasteiger partial charge is 0.369 e. The molecule has 3 nitrogen and oxygen atoms in total. The molecule has 3 heteroatoms.